The molecule has 0 spiro atoms. The smallest absolute Gasteiger partial charge is 0.126 e. The topological polar surface area (TPSA) is 34.1 Å². The number of nitrogens with zero attached hydrogens (tertiary/aromatic N) is 1. The van der Waals surface area contributed by atoms with Crippen molar-refractivity contribution >= 4 is 17.4 Å². The van der Waals surface area contributed by atoms with Gasteiger partial charge in [-0.15, -0.1) is 11.6 Å². The predicted octanol–water partition coefficient (Wildman–Crippen LogP) is 2.06. The molecule has 1 aromatic rings. The highest BCUT2D eigenvalue weighted by molar-refractivity contribution is 6.21. The molecule has 0 radical (unpaired) electrons. The van der Waals surface area contributed by atoms with Crippen LogP contribution in [-0.2, 0) is 4.74 Å². The van der Waals surface area contributed by atoms with E-state index in [1.54, 1.807) is 13.3 Å². The molecule has 4 heteroatoms. The molecule has 1 unspecified atom stereocenters. The Morgan fingerprint density at radius 1 is 1.64 bits per heavy atom. The van der Waals surface area contributed by atoms with E-state index >= 15 is 0 Å². The first-order chi connectivity index (χ1) is 6.72. The fourth-order valence-corrected chi connectivity index (χ4v) is 1.29. The molecule has 0 aliphatic heterocycles. The summed E-state index contributed by atoms with van der Waals surface area (Å²) in [5.41, 5.74) is 1.18. The Balaban J connectivity index is 2.37. The van der Waals surface area contributed by atoms with Gasteiger partial charge in [0.2, 0.25) is 0 Å². The molecule has 0 amide bonds. The minimum absolute atomic E-state index is 0.0256. The lowest BCUT2D eigenvalue weighted by Crippen LogP contribution is -2.19. The standard InChI is InChI=1S/C10H15ClN2O/c1-8-3-4-12-10(5-8)13-6-9(11)7-14-2/h3-5,9H,6-7H2,1-2H3,(H,12,13). The molecule has 78 valence electrons. The summed E-state index contributed by atoms with van der Waals surface area (Å²) in [6.45, 7) is 3.23. The summed E-state index contributed by atoms with van der Waals surface area (Å²) >= 11 is 5.96. The minimum atomic E-state index is -0.0256. The number of halogens is 1. The summed E-state index contributed by atoms with van der Waals surface area (Å²) < 4.78 is 4.92. The number of aromatic nitrogens is 1. The molecular weight excluding hydrogens is 200 g/mol. The molecule has 0 aliphatic carbocycles. The van der Waals surface area contributed by atoms with Gasteiger partial charge in [-0.3, -0.25) is 0 Å². The largest absolute Gasteiger partial charge is 0.383 e. The lowest BCUT2D eigenvalue weighted by molar-refractivity contribution is 0.200. The molecule has 14 heavy (non-hydrogen) atoms. The van der Waals surface area contributed by atoms with Crippen LogP contribution in [0.3, 0.4) is 0 Å². The van der Waals surface area contributed by atoms with Gasteiger partial charge in [0.1, 0.15) is 5.82 Å². The molecule has 0 saturated carbocycles. The Kier molecular flexibility index (Phi) is 4.70. The van der Waals surface area contributed by atoms with Gasteiger partial charge in [-0.05, 0) is 24.6 Å². The zero-order valence-corrected chi connectivity index (χ0v) is 9.21. The van der Waals surface area contributed by atoms with E-state index in [1.807, 2.05) is 19.1 Å². The molecule has 0 saturated heterocycles. The second kappa shape index (κ2) is 5.83. The van der Waals surface area contributed by atoms with Gasteiger partial charge in [0.25, 0.3) is 0 Å². The van der Waals surface area contributed by atoms with Gasteiger partial charge >= 0.3 is 0 Å². The number of aryl methyl sites for hydroxylation is 1. The number of rotatable bonds is 5. The summed E-state index contributed by atoms with van der Waals surface area (Å²) in [6, 6.07) is 3.94. The van der Waals surface area contributed by atoms with Gasteiger partial charge in [0, 0.05) is 19.9 Å². The van der Waals surface area contributed by atoms with Gasteiger partial charge in [-0.2, -0.15) is 0 Å². The SMILES string of the molecule is COCC(Cl)CNc1cc(C)ccn1. The maximum Gasteiger partial charge on any atom is 0.126 e. The molecule has 0 fully saturated rings. The molecule has 1 atom stereocenters. The predicted molar refractivity (Wildman–Crippen MR) is 59.0 cm³/mol. The first kappa shape index (κ1) is 11.3. The van der Waals surface area contributed by atoms with E-state index in [1.165, 1.54) is 5.56 Å². The molecule has 0 bridgehead atoms. The van der Waals surface area contributed by atoms with E-state index in [4.69, 9.17) is 16.3 Å². The minimum Gasteiger partial charge on any atom is -0.383 e. The first-order valence-corrected chi connectivity index (χ1v) is 4.95. The van der Waals surface area contributed by atoms with E-state index < -0.39 is 0 Å². The van der Waals surface area contributed by atoms with E-state index in [0.717, 1.165) is 5.82 Å². The van der Waals surface area contributed by atoms with Gasteiger partial charge in [0.15, 0.2) is 0 Å². The molecule has 1 aromatic heterocycles. The van der Waals surface area contributed by atoms with Gasteiger partial charge in [-0.1, -0.05) is 0 Å². The summed E-state index contributed by atoms with van der Waals surface area (Å²) in [6.07, 6.45) is 1.78. The quantitative estimate of drug-likeness (QED) is 0.762. The normalized spacial score (nSPS) is 12.5. The number of alkyl halides is 1. The third kappa shape index (κ3) is 3.94. The van der Waals surface area contributed by atoms with Gasteiger partial charge in [-0.25, -0.2) is 4.98 Å². The van der Waals surface area contributed by atoms with E-state index in [0.29, 0.717) is 13.2 Å². The van der Waals surface area contributed by atoms with Crippen LogP contribution in [0.1, 0.15) is 5.56 Å². The molecule has 3 nitrogen and oxygen atoms in total. The zero-order valence-electron chi connectivity index (χ0n) is 8.46. The Morgan fingerprint density at radius 2 is 2.43 bits per heavy atom. The van der Waals surface area contributed by atoms with Crippen LogP contribution in [0.25, 0.3) is 0 Å². The average molecular weight is 215 g/mol. The van der Waals surface area contributed by atoms with Crippen LogP contribution < -0.4 is 5.32 Å². The fraction of sp³-hybridized carbons (Fsp3) is 0.500. The second-order valence-corrected chi connectivity index (χ2v) is 3.77. The van der Waals surface area contributed by atoms with Crippen LogP contribution in [0, 0.1) is 6.92 Å². The third-order valence-electron chi connectivity index (χ3n) is 1.77. The Hall–Kier alpha value is -0.800. The summed E-state index contributed by atoms with van der Waals surface area (Å²) in [5.74, 6) is 0.853. The van der Waals surface area contributed by atoms with E-state index in [2.05, 4.69) is 10.3 Å². The summed E-state index contributed by atoms with van der Waals surface area (Å²) in [7, 11) is 1.64. The highest BCUT2D eigenvalue weighted by Crippen LogP contribution is 2.06. The Bertz CT molecular complexity index is 281. The number of nitrogens with one attached hydrogen (secondary N) is 1. The monoisotopic (exact) mass is 214 g/mol. The first-order valence-electron chi connectivity index (χ1n) is 4.52. The third-order valence-corrected chi connectivity index (χ3v) is 2.05. The number of ether oxygens (including phenoxy) is 1. The molecule has 1 N–H and O–H groups in total. The van der Waals surface area contributed by atoms with Crippen molar-refractivity contribution in [1.82, 2.24) is 4.98 Å². The van der Waals surface area contributed by atoms with E-state index in [9.17, 15) is 0 Å². The number of anilines is 1. The number of methoxy groups -OCH3 is 1. The van der Waals surface area contributed by atoms with Crippen molar-refractivity contribution in [3.05, 3.63) is 23.9 Å². The van der Waals surface area contributed by atoms with Crippen molar-refractivity contribution in [2.24, 2.45) is 0 Å². The highest BCUT2D eigenvalue weighted by atomic mass is 35.5. The second-order valence-electron chi connectivity index (χ2n) is 3.15. The van der Waals surface area contributed by atoms with Crippen LogP contribution in [0.2, 0.25) is 0 Å². The number of pyridine rings is 1. The fourth-order valence-electron chi connectivity index (χ4n) is 1.09. The molecule has 0 aromatic carbocycles. The number of hydrogen-bond acceptors (Lipinski definition) is 3. The van der Waals surface area contributed by atoms with Crippen molar-refractivity contribution in [3.63, 3.8) is 0 Å². The van der Waals surface area contributed by atoms with Crippen molar-refractivity contribution in [2.75, 3.05) is 25.6 Å². The van der Waals surface area contributed by atoms with Crippen LogP contribution in [0.5, 0.6) is 0 Å². The van der Waals surface area contributed by atoms with Crippen LogP contribution in [0.15, 0.2) is 18.3 Å². The van der Waals surface area contributed by atoms with Crippen molar-refractivity contribution in [3.8, 4) is 0 Å². The van der Waals surface area contributed by atoms with Gasteiger partial charge in [0.05, 0.1) is 12.0 Å². The van der Waals surface area contributed by atoms with Gasteiger partial charge < -0.3 is 10.1 Å². The van der Waals surface area contributed by atoms with Crippen molar-refractivity contribution in [1.29, 1.82) is 0 Å². The van der Waals surface area contributed by atoms with Crippen molar-refractivity contribution < 1.29 is 4.74 Å². The summed E-state index contributed by atoms with van der Waals surface area (Å²) in [4.78, 5) is 4.16. The zero-order chi connectivity index (χ0) is 10.4. The number of hydrogen-bond donors (Lipinski definition) is 1. The lowest BCUT2D eigenvalue weighted by Gasteiger charge is -2.10. The van der Waals surface area contributed by atoms with Crippen LogP contribution in [0.4, 0.5) is 5.82 Å². The summed E-state index contributed by atoms with van der Waals surface area (Å²) in [5, 5.41) is 3.12. The van der Waals surface area contributed by atoms with Crippen LogP contribution >= 0.6 is 11.6 Å². The maximum atomic E-state index is 5.96. The average Bonchev–Trinajstić information content (AvgIpc) is 2.15. The maximum absolute atomic E-state index is 5.96. The highest BCUT2D eigenvalue weighted by Gasteiger charge is 2.03. The lowest BCUT2D eigenvalue weighted by atomic mass is 10.3. The van der Waals surface area contributed by atoms with E-state index in [-0.39, 0.29) is 5.38 Å². The van der Waals surface area contributed by atoms with Crippen LogP contribution in [-0.4, -0.2) is 30.6 Å². The molecule has 0 aliphatic rings. The molecule has 1 heterocycles. The van der Waals surface area contributed by atoms with Crippen molar-refractivity contribution in [2.45, 2.75) is 12.3 Å². The Morgan fingerprint density at radius 3 is 3.07 bits per heavy atom. The Labute approximate surface area is 89.4 Å². The molecular formula is C10H15ClN2O. The molecule has 1 rings (SSSR count).